The summed E-state index contributed by atoms with van der Waals surface area (Å²) < 4.78 is 0. The van der Waals surface area contributed by atoms with E-state index in [1.165, 1.54) is 10.5 Å². The minimum atomic E-state index is -0.190. The zero-order valence-corrected chi connectivity index (χ0v) is 11.1. The molecule has 1 rings (SSSR count). The normalized spacial score (nSPS) is 14.8. The highest BCUT2D eigenvalue weighted by atomic mass is 32.2. The monoisotopic (exact) mass is 239 g/mol. The van der Waals surface area contributed by atoms with Crippen LogP contribution in [0.15, 0.2) is 29.2 Å². The molecule has 0 spiro atoms. The van der Waals surface area contributed by atoms with Gasteiger partial charge in [0.1, 0.15) is 0 Å². The number of aliphatic hydroxyl groups excluding tert-OH is 1. The molecular formula is C13H21NOS. The van der Waals surface area contributed by atoms with Crippen molar-refractivity contribution in [2.45, 2.75) is 31.2 Å². The maximum atomic E-state index is 9.36. The van der Waals surface area contributed by atoms with Crippen LogP contribution in [0, 0.1) is 6.92 Å². The van der Waals surface area contributed by atoms with Gasteiger partial charge in [-0.05, 0) is 32.5 Å². The molecule has 1 unspecified atom stereocenters. The van der Waals surface area contributed by atoms with Crippen LogP contribution < -0.4 is 5.32 Å². The molecule has 0 fully saturated rings. The number of rotatable bonds is 6. The zero-order chi connectivity index (χ0) is 12.0. The van der Waals surface area contributed by atoms with E-state index < -0.39 is 0 Å². The Kier molecular flexibility index (Phi) is 5.32. The van der Waals surface area contributed by atoms with E-state index in [0.29, 0.717) is 0 Å². The lowest BCUT2D eigenvalue weighted by Gasteiger charge is -2.27. The highest BCUT2D eigenvalue weighted by Gasteiger charge is 2.21. The summed E-state index contributed by atoms with van der Waals surface area (Å²) in [5.41, 5.74) is 1.09. The summed E-state index contributed by atoms with van der Waals surface area (Å²) in [6.07, 6.45) is 0. The van der Waals surface area contributed by atoms with Gasteiger partial charge in [0.2, 0.25) is 0 Å². The first kappa shape index (κ1) is 13.6. The fourth-order valence-corrected chi connectivity index (χ4v) is 2.46. The second-order valence-corrected chi connectivity index (χ2v) is 5.40. The molecule has 0 saturated heterocycles. The molecule has 0 radical (unpaired) electrons. The summed E-state index contributed by atoms with van der Waals surface area (Å²) in [5, 5.41) is 12.7. The van der Waals surface area contributed by atoms with Crippen molar-refractivity contribution in [1.29, 1.82) is 0 Å². The van der Waals surface area contributed by atoms with Crippen LogP contribution in [0.4, 0.5) is 0 Å². The average molecular weight is 239 g/mol. The van der Waals surface area contributed by atoms with Crippen molar-refractivity contribution in [3.63, 3.8) is 0 Å². The molecule has 0 heterocycles. The van der Waals surface area contributed by atoms with Crippen LogP contribution in [0.3, 0.4) is 0 Å². The van der Waals surface area contributed by atoms with Crippen molar-refractivity contribution in [2.24, 2.45) is 0 Å². The summed E-state index contributed by atoms with van der Waals surface area (Å²) in [6, 6.07) is 8.49. The molecular weight excluding hydrogens is 218 g/mol. The van der Waals surface area contributed by atoms with Crippen molar-refractivity contribution in [2.75, 3.05) is 18.9 Å². The molecule has 3 heteroatoms. The topological polar surface area (TPSA) is 32.3 Å². The first-order valence-electron chi connectivity index (χ1n) is 5.65. The Hall–Kier alpha value is -0.510. The minimum absolute atomic E-state index is 0.166. The molecule has 0 amide bonds. The van der Waals surface area contributed by atoms with Crippen LogP contribution >= 0.6 is 11.8 Å². The van der Waals surface area contributed by atoms with Crippen molar-refractivity contribution in [1.82, 2.24) is 5.32 Å². The number of benzene rings is 1. The van der Waals surface area contributed by atoms with Crippen molar-refractivity contribution < 1.29 is 5.11 Å². The van der Waals surface area contributed by atoms with Gasteiger partial charge in [0.25, 0.3) is 0 Å². The summed E-state index contributed by atoms with van der Waals surface area (Å²) >= 11 is 1.78. The maximum absolute atomic E-state index is 9.36. The number of aliphatic hydroxyl groups is 1. The van der Waals surface area contributed by atoms with E-state index in [0.717, 1.165) is 12.3 Å². The summed E-state index contributed by atoms with van der Waals surface area (Å²) in [6.45, 7) is 7.25. The first-order valence-corrected chi connectivity index (χ1v) is 6.63. The third-order valence-electron chi connectivity index (χ3n) is 2.53. The van der Waals surface area contributed by atoms with E-state index >= 15 is 0 Å². The quantitative estimate of drug-likeness (QED) is 0.748. The van der Waals surface area contributed by atoms with E-state index in [1.54, 1.807) is 11.8 Å². The summed E-state index contributed by atoms with van der Waals surface area (Å²) in [7, 11) is 0. The average Bonchev–Trinajstić information content (AvgIpc) is 2.29. The highest BCUT2D eigenvalue weighted by molar-refractivity contribution is 7.99. The van der Waals surface area contributed by atoms with E-state index in [1.807, 2.05) is 0 Å². The van der Waals surface area contributed by atoms with Crippen LogP contribution in [0.5, 0.6) is 0 Å². The Morgan fingerprint density at radius 1 is 1.31 bits per heavy atom. The fraction of sp³-hybridized carbons (Fsp3) is 0.538. The third kappa shape index (κ3) is 4.16. The molecule has 16 heavy (non-hydrogen) atoms. The molecule has 0 aliphatic carbocycles. The molecule has 0 aromatic heterocycles. The Balaban J connectivity index is 2.52. The number of thioether (sulfide) groups is 1. The zero-order valence-electron chi connectivity index (χ0n) is 10.3. The predicted octanol–water partition coefficient (Wildman–Crippen LogP) is 2.45. The van der Waals surface area contributed by atoms with Crippen LogP contribution in [-0.4, -0.2) is 29.5 Å². The lowest BCUT2D eigenvalue weighted by atomic mass is 10.1. The number of aryl methyl sites for hydroxylation is 1. The first-order chi connectivity index (χ1) is 7.59. The van der Waals surface area contributed by atoms with Gasteiger partial charge in [-0.1, -0.05) is 24.6 Å². The van der Waals surface area contributed by atoms with Gasteiger partial charge in [-0.2, -0.15) is 0 Å². The van der Waals surface area contributed by atoms with Crippen molar-refractivity contribution in [3.05, 3.63) is 29.8 Å². The molecule has 0 aliphatic heterocycles. The smallest absolute Gasteiger partial charge is 0.0618 e. The third-order valence-corrected chi connectivity index (χ3v) is 3.92. The molecule has 90 valence electrons. The van der Waals surface area contributed by atoms with Crippen molar-refractivity contribution in [3.8, 4) is 0 Å². The Morgan fingerprint density at radius 2 is 1.94 bits per heavy atom. The largest absolute Gasteiger partial charge is 0.394 e. The molecule has 0 aliphatic rings. The Labute approximate surface area is 102 Å². The van der Waals surface area contributed by atoms with Gasteiger partial charge >= 0.3 is 0 Å². The van der Waals surface area contributed by atoms with E-state index in [4.69, 9.17) is 0 Å². The van der Waals surface area contributed by atoms with Gasteiger partial charge in [0.15, 0.2) is 0 Å². The van der Waals surface area contributed by atoms with Crippen LogP contribution in [0.1, 0.15) is 19.4 Å². The van der Waals surface area contributed by atoms with Gasteiger partial charge in [-0.25, -0.2) is 0 Å². The molecule has 0 saturated carbocycles. The Bertz CT molecular complexity index is 312. The number of likely N-dealkylation sites (N-methyl/N-ethyl adjacent to an activating group) is 1. The molecule has 1 aromatic carbocycles. The number of hydrogen-bond donors (Lipinski definition) is 2. The Morgan fingerprint density at radius 3 is 2.44 bits per heavy atom. The number of hydrogen-bond acceptors (Lipinski definition) is 3. The second-order valence-electron chi connectivity index (χ2n) is 4.35. The molecule has 1 atom stereocenters. The molecule has 2 N–H and O–H groups in total. The van der Waals surface area contributed by atoms with Crippen LogP contribution in [-0.2, 0) is 0 Å². The van der Waals surface area contributed by atoms with E-state index in [9.17, 15) is 5.11 Å². The van der Waals surface area contributed by atoms with Gasteiger partial charge in [-0.3, -0.25) is 0 Å². The van der Waals surface area contributed by atoms with Gasteiger partial charge in [0.05, 0.1) is 6.61 Å². The van der Waals surface area contributed by atoms with Crippen molar-refractivity contribution >= 4 is 11.8 Å². The molecule has 1 aromatic rings. The van der Waals surface area contributed by atoms with E-state index in [-0.39, 0.29) is 12.1 Å². The van der Waals surface area contributed by atoms with Gasteiger partial charge < -0.3 is 10.4 Å². The lowest BCUT2D eigenvalue weighted by Crippen LogP contribution is -2.47. The summed E-state index contributed by atoms with van der Waals surface area (Å²) in [5.74, 6) is 0.875. The minimum Gasteiger partial charge on any atom is -0.394 e. The van der Waals surface area contributed by atoms with Crippen LogP contribution in [0.2, 0.25) is 0 Å². The van der Waals surface area contributed by atoms with Crippen LogP contribution in [0.25, 0.3) is 0 Å². The standard InChI is InChI=1S/C13H21NOS/c1-4-14-13(3,9-15)10-16-12-7-5-11(2)6-8-12/h5-8,14-15H,4,9-10H2,1-3H3. The SMILES string of the molecule is CCNC(C)(CO)CSc1ccc(C)cc1. The highest BCUT2D eigenvalue weighted by Crippen LogP contribution is 2.22. The molecule has 0 bridgehead atoms. The second kappa shape index (κ2) is 6.28. The van der Waals surface area contributed by atoms with Gasteiger partial charge in [-0.15, -0.1) is 11.8 Å². The number of nitrogens with one attached hydrogen (secondary N) is 1. The summed E-state index contributed by atoms with van der Waals surface area (Å²) in [4.78, 5) is 1.25. The van der Waals surface area contributed by atoms with E-state index in [2.05, 4.69) is 50.4 Å². The predicted molar refractivity (Wildman–Crippen MR) is 71.1 cm³/mol. The lowest BCUT2D eigenvalue weighted by molar-refractivity contribution is 0.194. The molecule has 2 nitrogen and oxygen atoms in total. The maximum Gasteiger partial charge on any atom is 0.0618 e. The fourth-order valence-electron chi connectivity index (χ4n) is 1.46. The van der Waals surface area contributed by atoms with Gasteiger partial charge in [0, 0.05) is 16.2 Å².